The maximum Gasteiger partial charge on any atom is 0.115 e. The van der Waals surface area contributed by atoms with Gasteiger partial charge in [-0.25, -0.2) is 9.97 Å². The summed E-state index contributed by atoms with van der Waals surface area (Å²) in [7, 11) is 0. The third kappa shape index (κ3) is 3.27. The van der Waals surface area contributed by atoms with E-state index < -0.39 is 0 Å². The fraction of sp³-hybridized carbons (Fsp3) is 0.714. The Kier molecular flexibility index (Phi) is 4.66. The smallest absolute Gasteiger partial charge is 0.115 e. The van der Waals surface area contributed by atoms with Crippen LogP contribution in [-0.4, -0.2) is 40.0 Å². The van der Waals surface area contributed by atoms with Gasteiger partial charge >= 0.3 is 0 Å². The number of piperazine rings is 1. The number of hydrogen-bond donors (Lipinski definition) is 1. The van der Waals surface area contributed by atoms with E-state index in [9.17, 15) is 0 Å². The fourth-order valence-electron chi connectivity index (χ4n) is 2.63. The van der Waals surface area contributed by atoms with E-state index in [1.54, 1.807) is 6.33 Å². The van der Waals surface area contributed by atoms with Crippen LogP contribution in [0.1, 0.15) is 32.9 Å². The molecule has 1 aromatic rings. The molecule has 1 N–H and O–H groups in total. The van der Waals surface area contributed by atoms with E-state index >= 15 is 0 Å². The Balaban J connectivity index is 2.05. The summed E-state index contributed by atoms with van der Waals surface area (Å²) in [6.45, 7) is 9.97. The second-order valence-electron chi connectivity index (χ2n) is 5.45. The van der Waals surface area contributed by atoms with E-state index in [-0.39, 0.29) is 0 Å². The number of nitrogens with zero attached hydrogens (tertiary/aromatic N) is 3. The fourth-order valence-corrected chi connectivity index (χ4v) is 2.63. The Morgan fingerprint density at radius 1 is 1.50 bits per heavy atom. The van der Waals surface area contributed by atoms with Crippen molar-refractivity contribution >= 4 is 0 Å². The molecule has 0 aliphatic carbocycles. The summed E-state index contributed by atoms with van der Waals surface area (Å²) in [6.07, 6.45) is 4.65. The van der Waals surface area contributed by atoms with E-state index in [0.717, 1.165) is 25.3 Å². The molecule has 4 heteroatoms. The van der Waals surface area contributed by atoms with E-state index in [4.69, 9.17) is 0 Å². The van der Waals surface area contributed by atoms with Gasteiger partial charge in [0.1, 0.15) is 6.33 Å². The molecule has 2 rings (SSSR count). The maximum atomic E-state index is 4.34. The summed E-state index contributed by atoms with van der Waals surface area (Å²) >= 11 is 0. The zero-order valence-electron chi connectivity index (χ0n) is 11.6. The highest BCUT2D eigenvalue weighted by Crippen LogP contribution is 2.18. The number of nitrogens with one attached hydrogen (secondary N) is 1. The first-order chi connectivity index (χ1) is 8.70. The molecule has 0 spiro atoms. The van der Waals surface area contributed by atoms with E-state index in [1.807, 2.05) is 12.3 Å². The van der Waals surface area contributed by atoms with Crippen molar-refractivity contribution in [1.82, 2.24) is 20.2 Å². The minimum absolute atomic E-state index is 0.600. The summed E-state index contributed by atoms with van der Waals surface area (Å²) in [5, 5.41) is 3.64. The highest BCUT2D eigenvalue weighted by atomic mass is 15.2. The molecule has 1 aliphatic rings. The lowest BCUT2D eigenvalue weighted by Crippen LogP contribution is -2.57. The maximum absolute atomic E-state index is 4.34. The van der Waals surface area contributed by atoms with Crippen molar-refractivity contribution in [2.75, 3.05) is 13.1 Å². The molecule has 0 amide bonds. The lowest BCUT2D eigenvalue weighted by Gasteiger charge is -2.42. The van der Waals surface area contributed by atoms with Crippen LogP contribution in [0.4, 0.5) is 0 Å². The molecule has 1 aliphatic heterocycles. The molecule has 1 saturated heterocycles. The van der Waals surface area contributed by atoms with Gasteiger partial charge in [-0.05, 0) is 18.4 Å². The van der Waals surface area contributed by atoms with E-state index in [2.05, 4.69) is 41.0 Å². The van der Waals surface area contributed by atoms with Crippen LogP contribution in [0, 0.1) is 5.92 Å². The Morgan fingerprint density at radius 3 is 2.94 bits per heavy atom. The number of aromatic nitrogens is 2. The molecule has 0 saturated carbocycles. The van der Waals surface area contributed by atoms with Gasteiger partial charge in [0.2, 0.25) is 0 Å². The standard InChI is InChI=1S/C14H24N4/c1-4-12-8-18(14(7-16-12)11(2)3)9-13-5-6-15-10-17-13/h5-6,10-12,14,16H,4,7-9H2,1-3H3. The van der Waals surface area contributed by atoms with Crippen molar-refractivity contribution in [3.63, 3.8) is 0 Å². The highest BCUT2D eigenvalue weighted by Gasteiger charge is 2.29. The van der Waals surface area contributed by atoms with Crippen LogP contribution in [0.15, 0.2) is 18.6 Å². The summed E-state index contributed by atoms with van der Waals surface area (Å²) in [5.41, 5.74) is 1.12. The van der Waals surface area contributed by atoms with Crippen LogP contribution in [0.25, 0.3) is 0 Å². The third-order valence-corrected chi connectivity index (χ3v) is 3.81. The van der Waals surface area contributed by atoms with E-state index in [1.165, 1.54) is 6.42 Å². The molecule has 1 aromatic heterocycles. The number of hydrogen-bond acceptors (Lipinski definition) is 4. The van der Waals surface area contributed by atoms with Crippen molar-refractivity contribution in [1.29, 1.82) is 0 Å². The predicted molar refractivity (Wildman–Crippen MR) is 73.1 cm³/mol. The van der Waals surface area contributed by atoms with Gasteiger partial charge in [0.15, 0.2) is 0 Å². The average Bonchev–Trinajstić information content (AvgIpc) is 2.39. The molecule has 0 bridgehead atoms. The normalized spacial score (nSPS) is 25.6. The second kappa shape index (κ2) is 6.25. The van der Waals surface area contributed by atoms with Gasteiger partial charge in [-0.1, -0.05) is 20.8 Å². The van der Waals surface area contributed by atoms with Gasteiger partial charge in [-0.3, -0.25) is 4.90 Å². The van der Waals surface area contributed by atoms with Gasteiger partial charge in [0.25, 0.3) is 0 Å². The quantitative estimate of drug-likeness (QED) is 0.880. The van der Waals surface area contributed by atoms with Crippen LogP contribution in [0.3, 0.4) is 0 Å². The lowest BCUT2D eigenvalue weighted by atomic mass is 9.97. The molecule has 2 heterocycles. The molecule has 0 radical (unpaired) electrons. The SMILES string of the molecule is CCC1CN(Cc2ccncn2)C(C(C)C)CN1. The van der Waals surface area contributed by atoms with Gasteiger partial charge in [-0.15, -0.1) is 0 Å². The molecule has 4 nitrogen and oxygen atoms in total. The van der Waals surface area contributed by atoms with Crippen molar-refractivity contribution in [3.8, 4) is 0 Å². The Bertz CT molecular complexity index is 352. The first kappa shape index (κ1) is 13.4. The van der Waals surface area contributed by atoms with Crippen molar-refractivity contribution < 1.29 is 0 Å². The number of rotatable bonds is 4. The molecule has 2 atom stereocenters. The van der Waals surface area contributed by atoms with Crippen LogP contribution < -0.4 is 5.32 Å². The molecule has 18 heavy (non-hydrogen) atoms. The van der Waals surface area contributed by atoms with Crippen molar-refractivity contribution in [2.45, 2.75) is 45.8 Å². The molecule has 100 valence electrons. The molecule has 2 unspecified atom stereocenters. The lowest BCUT2D eigenvalue weighted by molar-refractivity contribution is 0.0887. The molecular formula is C14H24N4. The largest absolute Gasteiger partial charge is 0.311 e. The summed E-state index contributed by atoms with van der Waals surface area (Å²) < 4.78 is 0. The highest BCUT2D eigenvalue weighted by molar-refractivity contribution is 5.00. The molecule has 0 aromatic carbocycles. The Labute approximate surface area is 110 Å². The van der Waals surface area contributed by atoms with E-state index in [0.29, 0.717) is 18.0 Å². The first-order valence-electron chi connectivity index (χ1n) is 6.93. The topological polar surface area (TPSA) is 41.1 Å². The van der Waals surface area contributed by atoms with Crippen molar-refractivity contribution in [3.05, 3.63) is 24.3 Å². The first-order valence-corrected chi connectivity index (χ1v) is 6.93. The second-order valence-corrected chi connectivity index (χ2v) is 5.45. The minimum atomic E-state index is 0.600. The predicted octanol–water partition coefficient (Wildman–Crippen LogP) is 1.68. The van der Waals surface area contributed by atoms with Crippen LogP contribution in [0.5, 0.6) is 0 Å². The van der Waals surface area contributed by atoms with Crippen LogP contribution >= 0.6 is 0 Å². The molecule has 1 fully saturated rings. The van der Waals surface area contributed by atoms with Crippen LogP contribution in [0.2, 0.25) is 0 Å². The monoisotopic (exact) mass is 248 g/mol. The summed E-state index contributed by atoms with van der Waals surface area (Å²) in [6, 6.07) is 3.23. The van der Waals surface area contributed by atoms with Gasteiger partial charge in [0, 0.05) is 37.9 Å². The third-order valence-electron chi connectivity index (χ3n) is 3.81. The zero-order valence-corrected chi connectivity index (χ0v) is 11.6. The van der Waals surface area contributed by atoms with Gasteiger partial charge in [-0.2, -0.15) is 0 Å². The van der Waals surface area contributed by atoms with Gasteiger partial charge < -0.3 is 5.32 Å². The summed E-state index contributed by atoms with van der Waals surface area (Å²) in [5.74, 6) is 0.664. The van der Waals surface area contributed by atoms with Crippen molar-refractivity contribution in [2.24, 2.45) is 5.92 Å². The average molecular weight is 248 g/mol. The van der Waals surface area contributed by atoms with Gasteiger partial charge in [0.05, 0.1) is 5.69 Å². The Morgan fingerprint density at radius 2 is 2.33 bits per heavy atom. The zero-order chi connectivity index (χ0) is 13.0. The summed E-state index contributed by atoms with van der Waals surface area (Å²) in [4.78, 5) is 10.9. The van der Waals surface area contributed by atoms with Crippen LogP contribution in [-0.2, 0) is 6.54 Å². The molecular weight excluding hydrogens is 224 g/mol. The Hall–Kier alpha value is -1.00. The minimum Gasteiger partial charge on any atom is -0.311 e.